The second kappa shape index (κ2) is 11.4. The molecule has 2 aliphatic carbocycles. The second-order valence-corrected chi connectivity index (χ2v) is 11.9. The third-order valence-corrected chi connectivity index (χ3v) is 9.35. The summed E-state index contributed by atoms with van der Waals surface area (Å²) < 4.78 is 2.28. The molecule has 2 atom stereocenters. The number of carbonyl (C=O) groups is 1. The van der Waals surface area contributed by atoms with Crippen molar-refractivity contribution in [1.82, 2.24) is 24.5 Å². The quantitative estimate of drug-likeness (QED) is 0.350. The van der Waals surface area contributed by atoms with Crippen molar-refractivity contribution in [3.05, 3.63) is 35.9 Å². The number of nitrogens with one attached hydrogen (secondary N) is 1. The number of nitrogens with zero attached hydrogens (tertiary/aromatic N) is 6. The van der Waals surface area contributed by atoms with Crippen LogP contribution in [0.15, 0.2) is 24.5 Å². The molecule has 1 saturated heterocycles. The summed E-state index contributed by atoms with van der Waals surface area (Å²) in [7, 11) is 0. The fourth-order valence-corrected chi connectivity index (χ4v) is 6.75. The van der Waals surface area contributed by atoms with Gasteiger partial charge in [-0.2, -0.15) is 4.98 Å². The van der Waals surface area contributed by atoms with Crippen LogP contribution in [-0.4, -0.2) is 48.2 Å². The van der Waals surface area contributed by atoms with Crippen molar-refractivity contribution < 1.29 is 9.90 Å². The van der Waals surface area contributed by atoms with Crippen LogP contribution in [-0.2, 0) is 6.54 Å². The highest BCUT2D eigenvalue weighted by Crippen LogP contribution is 2.39. The molecule has 4 heterocycles. The van der Waals surface area contributed by atoms with E-state index < -0.39 is 5.97 Å². The number of aromatic carboxylic acids is 1. The Bertz CT molecular complexity index is 1390. The van der Waals surface area contributed by atoms with Gasteiger partial charge in [-0.25, -0.2) is 14.8 Å². The molecule has 1 unspecified atom stereocenters. The monoisotopic (exact) mass is 541 g/mol. The van der Waals surface area contributed by atoms with Crippen LogP contribution in [0.1, 0.15) is 93.4 Å². The van der Waals surface area contributed by atoms with Gasteiger partial charge < -0.3 is 19.9 Å². The van der Waals surface area contributed by atoms with Crippen LogP contribution in [0.2, 0.25) is 0 Å². The number of carboxylic acid groups (broad SMARTS) is 1. The molecule has 2 saturated carbocycles. The number of pyridine rings is 1. The number of fused-ring (bicyclic) bond motifs is 1. The maximum Gasteiger partial charge on any atom is 0.374 e. The molecule has 1 aliphatic heterocycles. The zero-order valence-electron chi connectivity index (χ0n) is 23.3. The lowest BCUT2D eigenvalue weighted by Gasteiger charge is -2.37. The van der Waals surface area contributed by atoms with Gasteiger partial charge in [-0.15, -0.1) is 12.3 Å². The van der Waals surface area contributed by atoms with E-state index in [1.165, 1.54) is 24.8 Å². The van der Waals surface area contributed by atoms with E-state index in [2.05, 4.69) is 48.6 Å². The number of rotatable bonds is 8. The van der Waals surface area contributed by atoms with Gasteiger partial charge in [-0.3, -0.25) is 4.98 Å². The first-order valence-electron chi connectivity index (χ1n) is 14.9. The lowest BCUT2D eigenvalue weighted by atomic mass is 9.80. The van der Waals surface area contributed by atoms with Crippen LogP contribution in [0.3, 0.4) is 0 Å². The molecule has 0 spiro atoms. The highest BCUT2D eigenvalue weighted by atomic mass is 16.4. The third-order valence-electron chi connectivity index (χ3n) is 9.35. The van der Waals surface area contributed by atoms with Crippen molar-refractivity contribution in [1.29, 1.82) is 0 Å². The molecule has 0 radical (unpaired) electrons. The minimum absolute atomic E-state index is 0.146. The van der Waals surface area contributed by atoms with E-state index >= 15 is 0 Å². The van der Waals surface area contributed by atoms with E-state index in [4.69, 9.17) is 11.4 Å². The summed E-state index contributed by atoms with van der Waals surface area (Å²) in [6, 6.07) is 4.46. The van der Waals surface area contributed by atoms with Crippen LogP contribution in [0.25, 0.3) is 11.2 Å². The van der Waals surface area contributed by atoms with Crippen molar-refractivity contribution in [2.24, 2.45) is 17.8 Å². The summed E-state index contributed by atoms with van der Waals surface area (Å²) >= 11 is 0. The van der Waals surface area contributed by atoms with Gasteiger partial charge in [0.1, 0.15) is 5.52 Å². The number of terminal acetylenes is 1. The summed E-state index contributed by atoms with van der Waals surface area (Å²) in [5, 5.41) is 13.5. The molecule has 40 heavy (non-hydrogen) atoms. The zero-order valence-corrected chi connectivity index (χ0v) is 23.3. The number of imidazole rings is 1. The molecule has 210 valence electrons. The number of anilines is 2. The first-order chi connectivity index (χ1) is 19.5. The fourth-order valence-electron chi connectivity index (χ4n) is 6.75. The van der Waals surface area contributed by atoms with Crippen LogP contribution in [0.4, 0.5) is 11.8 Å². The Labute approximate surface area is 235 Å². The van der Waals surface area contributed by atoms with Crippen molar-refractivity contribution >= 4 is 28.9 Å². The number of hydrogen-bond donors (Lipinski definition) is 2. The van der Waals surface area contributed by atoms with Crippen LogP contribution < -0.4 is 10.2 Å². The van der Waals surface area contributed by atoms with Gasteiger partial charge in [0, 0.05) is 37.4 Å². The minimum Gasteiger partial charge on any atom is -0.475 e. The number of carboxylic acids is 1. The molecule has 3 aliphatic rings. The molecule has 0 bridgehead atoms. The molecule has 3 fully saturated rings. The fraction of sp³-hybridized carbons (Fsp3) is 0.581. The van der Waals surface area contributed by atoms with E-state index in [1.54, 1.807) is 0 Å². The summed E-state index contributed by atoms with van der Waals surface area (Å²) in [6.07, 6.45) is 20.5. The third kappa shape index (κ3) is 5.24. The second-order valence-electron chi connectivity index (χ2n) is 11.9. The first kappa shape index (κ1) is 26.5. The highest BCUT2D eigenvalue weighted by molar-refractivity contribution is 5.91. The lowest BCUT2D eigenvalue weighted by Crippen LogP contribution is -2.36. The SMILES string of the molecule is C#CC1CCC(Cn2c(N3CCCCC3c3cccnc3)nc3nc(C(=O)O)nc(N[C@H](C)C4CCC4)c32)CC1. The first-order valence-corrected chi connectivity index (χ1v) is 14.9. The van der Waals surface area contributed by atoms with Crippen LogP contribution in [0, 0.1) is 30.1 Å². The molecule has 6 rings (SSSR count). The molecule has 2 N–H and O–H groups in total. The predicted molar refractivity (Wildman–Crippen MR) is 155 cm³/mol. The molecule has 3 aromatic heterocycles. The summed E-state index contributed by atoms with van der Waals surface area (Å²) in [6.45, 7) is 3.82. The Morgan fingerprint density at radius 2 is 1.95 bits per heavy atom. The van der Waals surface area contributed by atoms with Crippen molar-refractivity contribution in [2.45, 2.75) is 89.8 Å². The Morgan fingerprint density at radius 3 is 2.62 bits per heavy atom. The molecule has 9 heteroatoms. The molecular weight excluding hydrogens is 502 g/mol. The number of piperidine rings is 1. The van der Waals surface area contributed by atoms with Gasteiger partial charge in [-0.1, -0.05) is 12.5 Å². The molecule has 9 nitrogen and oxygen atoms in total. The van der Waals surface area contributed by atoms with Gasteiger partial charge in [0.15, 0.2) is 11.5 Å². The average molecular weight is 542 g/mol. The van der Waals surface area contributed by atoms with Crippen LogP contribution in [0.5, 0.6) is 0 Å². The average Bonchev–Trinajstić information content (AvgIpc) is 3.31. The van der Waals surface area contributed by atoms with E-state index in [0.29, 0.717) is 29.2 Å². The smallest absolute Gasteiger partial charge is 0.374 e. The number of hydrogen-bond acceptors (Lipinski definition) is 7. The van der Waals surface area contributed by atoms with Crippen LogP contribution >= 0.6 is 0 Å². The normalized spacial score (nSPS) is 24.3. The zero-order chi connectivity index (χ0) is 27.6. The number of aromatic nitrogens is 5. The van der Waals surface area contributed by atoms with Crippen molar-refractivity contribution in [3.63, 3.8) is 0 Å². The summed E-state index contributed by atoms with van der Waals surface area (Å²) in [4.78, 5) is 33.0. The van der Waals surface area contributed by atoms with Gasteiger partial charge in [-0.05, 0) is 88.2 Å². The Morgan fingerprint density at radius 1 is 1.12 bits per heavy atom. The standard InChI is InChI=1S/C31H39N7O2/c1-3-21-12-14-22(15-13-21)19-38-26-27(33-20(2)23-8-6-9-23)34-29(30(39)40)35-28(26)36-31(38)37-17-5-4-11-25(37)24-10-7-16-32-18-24/h1,7,10,16,18,20-23,25H,4-6,8-9,11-15,17,19H2,2H3,(H,39,40)(H,33,34,35)/t20-,21?,22?,25?/m1/s1. The predicted octanol–water partition coefficient (Wildman–Crippen LogP) is 5.69. The van der Waals surface area contributed by atoms with E-state index in [9.17, 15) is 9.90 Å². The minimum atomic E-state index is -1.14. The Hall–Kier alpha value is -3.67. The lowest BCUT2D eigenvalue weighted by molar-refractivity contribution is 0.0684. The summed E-state index contributed by atoms with van der Waals surface area (Å²) in [5.41, 5.74) is 2.42. The maximum absolute atomic E-state index is 12.1. The largest absolute Gasteiger partial charge is 0.475 e. The van der Waals surface area contributed by atoms with E-state index in [0.717, 1.165) is 69.5 Å². The molecular formula is C31H39N7O2. The Kier molecular flexibility index (Phi) is 7.59. The Balaban J connectivity index is 1.46. The van der Waals surface area contributed by atoms with Gasteiger partial charge in [0.2, 0.25) is 11.8 Å². The topological polar surface area (TPSA) is 109 Å². The van der Waals surface area contributed by atoms with Gasteiger partial charge >= 0.3 is 5.97 Å². The summed E-state index contributed by atoms with van der Waals surface area (Å²) in [5.74, 6) is 4.39. The molecule has 0 aromatic carbocycles. The molecule has 3 aromatic rings. The van der Waals surface area contributed by atoms with Crippen molar-refractivity contribution in [3.8, 4) is 12.3 Å². The maximum atomic E-state index is 12.1. The van der Waals surface area contributed by atoms with E-state index in [-0.39, 0.29) is 17.9 Å². The highest BCUT2D eigenvalue weighted by Gasteiger charge is 2.33. The van der Waals surface area contributed by atoms with Gasteiger partial charge in [0.05, 0.1) is 6.04 Å². The molecule has 0 amide bonds. The van der Waals surface area contributed by atoms with Crippen molar-refractivity contribution in [2.75, 3.05) is 16.8 Å². The van der Waals surface area contributed by atoms with Gasteiger partial charge in [0.25, 0.3) is 0 Å². The van der Waals surface area contributed by atoms with E-state index in [1.807, 2.05) is 18.5 Å².